The van der Waals surface area contributed by atoms with Gasteiger partial charge >= 0.3 is 5.97 Å². The Balaban J connectivity index is 1.68. The number of aromatic carboxylic acids is 1. The molecule has 1 aromatic carbocycles. The quantitative estimate of drug-likeness (QED) is 0.278. The highest BCUT2D eigenvalue weighted by Crippen LogP contribution is 2.40. The molecule has 5 heterocycles. The smallest absolute Gasteiger partial charge is 0.335 e. The lowest BCUT2D eigenvalue weighted by molar-refractivity contribution is 0.0697. The number of carboxylic acids is 1. The molecule has 192 valence electrons. The molecule has 0 aliphatic carbocycles. The first kappa shape index (κ1) is 24.2. The van der Waals surface area contributed by atoms with E-state index < -0.39 is 11.5 Å². The van der Waals surface area contributed by atoms with E-state index in [-0.39, 0.29) is 5.56 Å². The van der Waals surface area contributed by atoms with Crippen LogP contribution < -0.4 is 0 Å². The molecule has 0 saturated heterocycles. The second-order valence-electron chi connectivity index (χ2n) is 9.59. The molecule has 0 aliphatic heterocycles. The first-order valence-electron chi connectivity index (χ1n) is 12.5. The first-order chi connectivity index (χ1) is 18.9. The van der Waals surface area contributed by atoms with Crippen molar-refractivity contribution in [3.05, 3.63) is 120 Å². The monoisotopic (exact) mass is 515 g/mol. The third-order valence-electron chi connectivity index (χ3n) is 7.21. The molecule has 8 nitrogen and oxygen atoms in total. The highest BCUT2D eigenvalue weighted by molar-refractivity contribution is 5.96. The van der Waals surface area contributed by atoms with Crippen LogP contribution in [0.15, 0.2) is 96.0 Å². The molecule has 0 spiro atoms. The van der Waals surface area contributed by atoms with Gasteiger partial charge < -0.3 is 14.2 Å². The molecule has 6 aromatic rings. The molecular formula is C31H25N5O3. The van der Waals surface area contributed by atoms with Gasteiger partial charge in [-0.2, -0.15) is 0 Å². The van der Waals surface area contributed by atoms with Gasteiger partial charge in [0.05, 0.1) is 33.7 Å². The van der Waals surface area contributed by atoms with Crippen LogP contribution >= 0.6 is 0 Å². The van der Waals surface area contributed by atoms with Crippen molar-refractivity contribution in [1.29, 1.82) is 0 Å². The van der Waals surface area contributed by atoms with Gasteiger partial charge in [0, 0.05) is 41.5 Å². The predicted octanol–water partition coefficient (Wildman–Crippen LogP) is 6.28. The number of fused-ring (bicyclic) bond motifs is 1. The summed E-state index contributed by atoms with van der Waals surface area (Å²) in [6, 6.07) is 20.6. The van der Waals surface area contributed by atoms with E-state index in [1.807, 2.05) is 74.8 Å². The average molecular weight is 516 g/mol. The SMILES string of the molecule is Cc1noc(C)c1-c1cnc2c(-c3ccc(C(=O)O)cc3)cn(C(C)(c3ccccn3)c3ccccn3)c2c1. The molecule has 0 radical (unpaired) electrons. The van der Waals surface area contributed by atoms with Crippen LogP contribution in [0.5, 0.6) is 0 Å². The number of carbonyl (C=O) groups is 1. The number of benzene rings is 1. The number of aryl methyl sites for hydroxylation is 2. The Hall–Kier alpha value is -5.11. The zero-order chi connectivity index (χ0) is 27.1. The maximum absolute atomic E-state index is 11.5. The molecule has 1 N–H and O–H groups in total. The fraction of sp³-hybridized carbons (Fsp3) is 0.129. The molecule has 5 aromatic heterocycles. The average Bonchev–Trinajstić information content (AvgIpc) is 3.52. The summed E-state index contributed by atoms with van der Waals surface area (Å²) in [5.74, 6) is -0.252. The number of carboxylic acid groups (broad SMARTS) is 1. The summed E-state index contributed by atoms with van der Waals surface area (Å²) in [6.07, 6.45) is 7.43. The maximum Gasteiger partial charge on any atom is 0.335 e. The van der Waals surface area contributed by atoms with E-state index in [9.17, 15) is 9.90 Å². The Morgan fingerprint density at radius 1 is 0.897 bits per heavy atom. The van der Waals surface area contributed by atoms with Gasteiger partial charge in [-0.15, -0.1) is 0 Å². The summed E-state index contributed by atoms with van der Waals surface area (Å²) in [6.45, 7) is 5.90. The number of nitrogens with zero attached hydrogens (tertiary/aromatic N) is 5. The molecule has 6 rings (SSSR count). The predicted molar refractivity (Wildman–Crippen MR) is 147 cm³/mol. The fourth-order valence-electron chi connectivity index (χ4n) is 5.19. The third-order valence-corrected chi connectivity index (χ3v) is 7.21. The summed E-state index contributed by atoms with van der Waals surface area (Å²) < 4.78 is 7.61. The van der Waals surface area contributed by atoms with Crippen molar-refractivity contribution in [1.82, 2.24) is 24.7 Å². The van der Waals surface area contributed by atoms with E-state index in [1.54, 1.807) is 24.5 Å². The Morgan fingerprint density at radius 2 is 1.56 bits per heavy atom. The summed E-state index contributed by atoms with van der Waals surface area (Å²) in [4.78, 5) is 25.9. The van der Waals surface area contributed by atoms with E-state index in [4.69, 9.17) is 19.5 Å². The van der Waals surface area contributed by atoms with E-state index in [0.29, 0.717) is 5.76 Å². The Labute approximate surface area is 224 Å². The number of rotatable bonds is 6. The van der Waals surface area contributed by atoms with Crippen LogP contribution in [-0.4, -0.2) is 35.8 Å². The lowest BCUT2D eigenvalue weighted by Gasteiger charge is -2.31. The van der Waals surface area contributed by atoms with Crippen molar-refractivity contribution >= 4 is 17.0 Å². The third kappa shape index (κ3) is 3.97. The molecule has 8 heteroatoms. The summed E-state index contributed by atoms with van der Waals surface area (Å²) >= 11 is 0. The van der Waals surface area contributed by atoms with Gasteiger partial charge in [0.1, 0.15) is 11.3 Å². The summed E-state index contributed by atoms with van der Waals surface area (Å²) in [5.41, 5.74) is 6.99. The number of aromatic nitrogens is 5. The van der Waals surface area contributed by atoms with Crippen molar-refractivity contribution < 1.29 is 14.4 Å². The van der Waals surface area contributed by atoms with Gasteiger partial charge in [-0.1, -0.05) is 29.4 Å². The summed E-state index contributed by atoms with van der Waals surface area (Å²) in [7, 11) is 0. The molecule has 0 aliphatic rings. The van der Waals surface area contributed by atoms with E-state index in [1.165, 1.54) is 0 Å². The van der Waals surface area contributed by atoms with Crippen LogP contribution in [0.2, 0.25) is 0 Å². The minimum Gasteiger partial charge on any atom is -0.478 e. The van der Waals surface area contributed by atoms with Gasteiger partial charge in [0.2, 0.25) is 0 Å². The van der Waals surface area contributed by atoms with Crippen LogP contribution in [0, 0.1) is 13.8 Å². The van der Waals surface area contributed by atoms with E-state index in [0.717, 1.165) is 50.4 Å². The van der Waals surface area contributed by atoms with Crippen molar-refractivity contribution in [2.45, 2.75) is 26.3 Å². The first-order valence-corrected chi connectivity index (χ1v) is 12.5. The van der Waals surface area contributed by atoms with E-state index in [2.05, 4.69) is 22.7 Å². The molecule has 0 unspecified atom stereocenters. The Kier molecular flexibility index (Phi) is 5.80. The van der Waals surface area contributed by atoms with Crippen molar-refractivity contribution in [3.63, 3.8) is 0 Å². The van der Waals surface area contributed by atoms with Crippen LogP contribution in [0.25, 0.3) is 33.3 Å². The van der Waals surface area contributed by atoms with E-state index >= 15 is 0 Å². The number of pyridine rings is 3. The Morgan fingerprint density at radius 3 is 2.10 bits per heavy atom. The second-order valence-corrected chi connectivity index (χ2v) is 9.59. The van der Waals surface area contributed by atoms with Gasteiger partial charge in [-0.05, 0) is 68.8 Å². The standard InChI is InChI=1S/C31H25N5O3/c1-19-28(20(2)39-35-19)23-16-25-29(34-17-23)24(21-10-12-22(13-11-21)30(37)38)18-36(25)31(3,26-8-4-6-14-32-26)27-9-5-7-15-33-27/h4-18H,1-3H3,(H,37,38). The normalized spacial score (nSPS) is 11.7. The van der Waals surface area contributed by atoms with Crippen LogP contribution in [0.1, 0.15) is 40.1 Å². The minimum absolute atomic E-state index is 0.225. The van der Waals surface area contributed by atoms with Gasteiger partial charge in [-0.3, -0.25) is 15.0 Å². The highest BCUT2D eigenvalue weighted by Gasteiger charge is 2.36. The van der Waals surface area contributed by atoms with Crippen LogP contribution in [0.4, 0.5) is 0 Å². The minimum atomic E-state index is -0.968. The molecule has 0 saturated carbocycles. The topological polar surface area (TPSA) is 107 Å². The zero-order valence-corrected chi connectivity index (χ0v) is 21.7. The number of hydrogen-bond donors (Lipinski definition) is 1. The molecule has 0 amide bonds. The second kappa shape index (κ2) is 9.33. The fourth-order valence-corrected chi connectivity index (χ4v) is 5.19. The lowest BCUT2D eigenvalue weighted by Crippen LogP contribution is -2.34. The largest absolute Gasteiger partial charge is 0.478 e. The van der Waals surface area contributed by atoms with Crippen molar-refractivity contribution in [3.8, 4) is 22.3 Å². The van der Waals surface area contributed by atoms with Gasteiger partial charge in [0.25, 0.3) is 0 Å². The number of hydrogen-bond acceptors (Lipinski definition) is 6. The van der Waals surface area contributed by atoms with Crippen molar-refractivity contribution in [2.24, 2.45) is 0 Å². The molecule has 0 atom stereocenters. The summed E-state index contributed by atoms with van der Waals surface area (Å²) in [5, 5.41) is 13.5. The molecule has 0 fully saturated rings. The van der Waals surface area contributed by atoms with Crippen LogP contribution in [0.3, 0.4) is 0 Å². The lowest BCUT2D eigenvalue weighted by atomic mass is 9.91. The molecule has 39 heavy (non-hydrogen) atoms. The van der Waals surface area contributed by atoms with Gasteiger partial charge in [-0.25, -0.2) is 4.79 Å². The van der Waals surface area contributed by atoms with Crippen molar-refractivity contribution in [2.75, 3.05) is 0 Å². The molecular weight excluding hydrogens is 490 g/mol. The zero-order valence-electron chi connectivity index (χ0n) is 21.7. The van der Waals surface area contributed by atoms with Gasteiger partial charge in [0.15, 0.2) is 0 Å². The van der Waals surface area contributed by atoms with Crippen LogP contribution in [-0.2, 0) is 5.54 Å². The molecule has 0 bridgehead atoms. The highest BCUT2D eigenvalue weighted by atomic mass is 16.5. The Bertz CT molecular complexity index is 1750. The maximum atomic E-state index is 11.5.